The molecule has 0 unspecified atom stereocenters. The van der Waals surface area contributed by atoms with Gasteiger partial charge in [0.05, 0.1) is 16.6 Å². The van der Waals surface area contributed by atoms with Crippen molar-refractivity contribution in [2.24, 2.45) is 0 Å². The highest BCUT2D eigenvalue weighted by Crippen LogP contribution is 2.32. The van der Waals surface area contributed by atoms with Crippen molar-refractivity contribution in [3.05, 3.63) is 95.9 Å². The summed E-state index contributed by atoms with van der Waals surface area (Å²) >= 11 is 0. The van der Waals surface area contributed by atoms with Crippen LogP contribution in [0.1, 0.15) is 20.7 Å². The molecule has 0 radical (unpaired) electrons. The predicted molar refractivity (Wildman–Crippen MR) is 140 cm³/mol. The lowest BCUT2D eigenvalue weighted by atomic mass is 10.0. The van der Waals surface area contributed by atoms with E-state index >= 15 is 4.39 Å². The predicted octanol–water partition coefficient (Wildman–Crippen LogP) is 4.19. The number of aromatic nitrogens is 3. The number of benzene rings is 3. The zero-order chi connectivity index (χ0) is 26.9. The number of halogens is 1. The Balaban J connectivity index is 1.22. The molecule has 6 rings (SSSR count). The highest BCUT2D eigenvalue weighted by atomic mass is 19.1. The van der Waals surface area contributed by atoms with Crippen molar-refractivity contribution in [1.82, 2.24) is 24.9 Å². The van der Waals surface area contributed by atoms with Crippen molar-refractivity contribution >= 4 is 28.5 Å². The first-order chi connectivity index (χ1) is 19.0. The van der Waals surface area contributed by atoms with Crippen LogP contribution in [0.25, 0.3) is 33.7 Å². The van der Waals surface area contributed by atoms with Crippen LogP contribution < -0.4 is 0 Å². The van der Waals surface area contributed by atoms with Gasteiger partial charge in [-0.3, -0.25) is 14.4 Å². The van der Waals surface area contributed by atoms with Crippen LogP contribution in [0.4, 0.5) is 4.39 Å². The molecule has 39 heavy (non-hydrogen) atoms. The summed E-state index contributed by atoms with van der Waals surface area (Å²) in [6.45, 7) is 0.979. The number of rotatable bonds is 5. The molecular weight excluding hydrogens is 501 g/mol. The van der Waals surface area contributed by atoms with E-state index in [9.17, 15) is 14.4 Å². The molecule has 0 atom stereocenters. The summed E-state index contributed by atoms with van der Waals surface area (Å²) in [6.07, 6.45) is 1.32. The Labute approximate surface area is 221 Å². The Hall–Kier alpha value is -5.12. The maximum absolute atomic E-state index is 15.0. The summed E-state index contributed by atoms with van der Waals surface area (Å²) < 4.78 is 20.4. The third-order valence-corrected chi connectivity index (χ3v) is 6.79. The highest BCUT2D eigenvalue weighted by molar-refractivity contribution is 6.45. The fourth-order valence-corrected chi connectivity index (χ4v) is 4.74. The SMILES string of the molecule is O=C(C(=O)N1CCN(C(=O)c2ccccc2)CC1)c1c[nH]c2c(-c3nc(-c4ccccc4)no3)ccc(F)c12. The molecule has 0 aliphatic carbocycles. The first-order valence-electron chi connectivity index (χ1n) is 12.4. The van der Waals surface area contributed by atoms with E-state index in [0.717, 1.165) is 5.56 Å². The summed E-state index contributed by atoms with van der Waals surface area (Å²) in [7, 11) is 0. The molecule has 2 amide bonds. The second-order valence-corrected chi connectivity index (χ2v) is 9.12. The number of hydrogen-bond donors (Lipinski definition) is 1. The van der Waals surface area contributed by atoms with Gasteiger partial charge in [-0.25, -0.2) is 4.39 Å². The van der Waals surface area contributed by atoms with Gasteiger partial charge in [0, 0.05) is 48.9 Å². The van der Waals surface area contributed by atoms with Crippen LogP contribution in [0.5, 0.6) is 0 Å². The number of fused-ring (bicyclic) bond motifs is 1. The van der Waals surface area contributed by atoms with E-state index in [0.29, 0.717) is 30.0 Å². The van der Waals surface area contributed by atoms with E-state index in [-0.39, 0.29) is 41.4 Å². The molecule has 1 saturated heterocycles. The van der Waals surface area contributed by atoms with Gasteiger partial charge in [-0.05, 0) is 24.3 Å². The molecule has 3 aromatic carbocycles. The van der Waals surface area contributed by atoms with Gasteiger partial charge in [0.25, 0.3) is 23.5 Å². The first-order valence-corrected chi connectivity index (χ1v) is 12.4. The number of Topliss-reactive ketones (excluding diaryl/α,β-unsaturated/α-hetero) is 1. The standard InChI is InChI=1S/C29H22FN5O4/c30-22-12-11-20(27-32-26(33-39-27)18-7-3-1-4-8-18)24-23(22)21(17-31-24)25(36)29(38)35-15-13-34(14-16-35)28(37)19-9-5-2-6-10-19/h1-12,17,31H,13-16H2. The zero-order valence-electron chi connectivity index (χ0n) is 20.6. The van der Waals surface area contributed by atoms with Crippen LogP contribution in [0.3, 0.4) is 0 Å². The van der Waals surface area contributed by atoms with Crippen molar-refractivity contribution in [1.29, 1.82) is 0 Å². The van der Waals surface area contributed by atoms with Crippen LogP contribution in [0, 0.1) is 5.82 Å². The lowest BCUT2D eigenvalue weighted by molar-refractivity contribution is -0.127. The summed E-state index contributed by atoms with van der Waals surface area (Å²) in [6, 6.07) is 20.8. The molecule has 0 spiro atoms. The minimum atomic E-state index is -0.837. The van der Waals surface area contributed by atoms with E-state index in [2.05, 4.69) is 15.1 Å². The van der Waals surface area contributed by atoms with Gasteiger partial charge in [0.2, 0.25) is 5.82 Å². The Kier molecular flexibility index (Phi) is 6.20. The number of H-pyrrole nitrogens is 1. The fraction of sp³-hybridized carbons (Fsp3) is 0.138. The maximum atomic E-state index is 15.0. The highest BCUT2D eigenvalue weighted by Gasteiger charge is 2.31. The zero-order valence-corrected chi connectivity index (χ0v) is 20.6. The Morgan fingerprint density at radius 3 is 2.23 bits per heavy atom. The third kappa shape index (κ3) is 4.46. The Bertz CT molecular complexity index is 1690. The van der Waals surface area contributed by atoms with Gasteiger partial charge < -0.3 is 19.3 Å². The lowest BCUT2D eigenvalue weighted by Crippen LogP contribution is -2.52. The number of carbonyl (C=O) groups excluding carboxylic acids is 3. The summed E-state index contributed by atoms with van der Waals surface area (Å²) in [5, 5.41) is 3.99. The Morgan fingerprint density at radius 2 is 1.51 bits per heavy atom. The Morgan fingerprint density at radius 1 is 0.846 bits per heavy atom. The van der Waals surface area contributed by atoms with Crippen LogP contribution >= 0.6 is 0 Å². The van der Waals surface area contributed by atoms with E-state index in [1.54, 1.807) is 29.2 Å². The number of nitrogens with zero attached hydrogens (tertiary/aromatic N) is 4. The molecule has 0 saturated carbocycles. The van der Waals surface area contributed by atoms with Gasteiger partial charge in [-0.1, -0.05) is 53.7 Å². The quantitative estimate of drug-likeness (QED) is 0.273. The number of amides is 2. The molecule has 5 aromatic rings. The molecule has 1 aliphatic heterocycles. The molecule has 0 bridgehead atoms. The molecule has 1 fully saturated rings. The number of piperazine rings is 1. The number of aromatic amines is 1. The van der Waals surface area contributed by atoms with E-state index in [4.69, 9.17) is 4.52 Å². The monoisotopic (exact) mass is 523 g/mol. The topological polar surface area (TPSA) is 112 Å². The van der Waals surface area contributed by atoms with E-state index < -0.39 is 17.5 Å². The van der Waals surface area contributed by atoms with Crippen LogP contribution in [-0.2, 0) is 4.79 Å². The van der Waals surface area contributed by atoms with Crippen molar-refractivity contribution in [2.75, 3.05) is 26.2 Å². The van der Waals surface area contributed by atoms with Gasteiger partial charge in [-0.15, -0.1) is 0 Å². The summed E-state index contributed by atoms with van der Waals surface area (Å²) in [4.78, 5) is 49.4. The van der Waals surface area contributed by atoms with Gasteiger partial charge in [-0.2, -0.15) is 4.98 Å². The van der Waals surface area contributed by atoms with Crippen molar-refractivity contribution in [3.8, 4) is 22.8 Å². The maximum Gasteiger partial charge on any atom is 0.295 e. The summed E-state index contributed by atoms with van der Waals surface area (Å²) in [5.74, 6) is -1.87. The van der Waals surface area contributed by atoms with E-state index in [1.165, 1.54) is 23.2 Å². The average Bonchev–Trinajstić information content (AvgIpc) is 3.66. The van der Waals surface area contributed by atoms with Crippen molar-refractivity contribution in [3.63, 3.8) is 0 Å². The first kappa shape index (κ1) is 24.2. The van der Waals surface area contributed by atoms with Crippen LogP contribution in [-0.4, -0.2) is 68.7 Å². The van der Waals surface area contributed by atoms with Gasteiger partial charge >= 0.3 is 0 Å². The molecule has 1 aliphatic rings. The summed E-state index contributed by atoms with van der Waals surface area (Å²) in [5.41, 5.74) is 1.91. The average molecular weight is 524 g/mol. The largest absolute Gasteiger partial charge is 0.360 e. The molecule has 194 valence electrons. The second-order valence-electron chi connectivity index (χ2n) is 9.12. The molecular formula is C29H22FN5O4. The normalized spacial score (nSPS) is 13.6. The number of nitrogens with one attached hydrogen (secondary N) is 1. The number of ketones is 1. The van der Waals surface area contributed by atoms with Crippen LogP contribution in [0.2, 0.25) is 0 Å². The van der Waals surface area contributed by atoms with Crippen molar-refractivity contribution in [2.45, 2.75) is 0 Å². The molecule has 3 heterocycles. The molecule has 9 nitrogen and oxygen atoms in total. The smallest absolute Gasteiger partial charge is 0.295 e. The lowest BCUT2D eigenvalue weighted by Gasteiger charge is -2.34. The minimum absolute atomic E-state index is 0.0248. The second kappa shape index (κ2) is 9.97. The molecule has 1 N–H and O–H groups in total. The fourth-order valence-electron chi connectivity index (χ4n) is 4.74. The third-order valence-electron chi connectivity index (χ3n) is 6.79. The van der Waals surface area contributed by atoms with E-state index in [1.807, 2.05) is 36.4 Å². The van der Waals surface area contributed by atoms with Crippen molar-refractivity contribution < 1.29 is 23.3 Å². The number of carbonyl (C=O) groups is 3. The van der Waals surface area contributed by atoms with Gasteiger partial charge in [0.1, 0.15) is 5.82 Å². The van der Waals surface area contributed by atoms with Crippen LogP contribution in [0.15, 0.2) is 83.5 Å². The number of hydrogen-bond acceptors (Lipinski definition) is 6. The molecule has 10 heteroatoms. The van der Waals surface area contributed by atoms with Gasteiger partial charge in [0.15, 0.2) is 0 Å². The minimum Gasteiger partial charge on any atom is -0.360 e. The molecule has 2 aromatic heterocycles.